The molecule has 0 aromatic carbocycles. The van der Waals surface area contributed by atoms with Gasteiger partial charge in [-0.15, -0.1) is 0 Å². The molecule has 80 valence electrons. The van der Waals surface area contributed by atoms with Gasteiger partial charge >= 0.3 is 0 Å². The van der Waals surface area contributed by atoms with E-state index in [0.717, 1.165) is 18.6 Å². The second kappa shape index (κ2) is 8.25. The summed E-state index contributed by atoms with van der Waals surface area (Å²) in [4.78, 5) is 0. The van der Waals surface area contributed by atoms with E-state index in [9.17, 15) is 0 Å². The lowest BCUT2D eigenvalue weighted by molar-refractivity contribution is 0.269. The van der Waals surface area contributed by atoms with Crippen molar-refractivity contribution in [1.82, 2.24) is 0 Å². The zero-order valence-electron chi connectivity index (χ0n) is 8.62. The van der Waals surface area contributed by atoms with E-state index in [0.29, 0.717) is 13.2 Å². The highest BCUT2D eigenvalue weighted by atomic mass is 32.9. The van der Waals surface area contributed by atoms with Crippen molar-refractivity contribution in [2.24, 2.45) is 0 Å². The molecule has 0 fully saturated rings. The fourth-order valence-corrected chi connectivity index (χ4v) is 5.44. The third-order valence-electron chi connectivity index (χ3n) is 1.19. The Bertz CT molecular complexity index is 152. The highest BCUT2D eigenvalue weighted by Gasteiger charge is 2.17. The first-order valence-corrected chi connectivity index (χ1v) is 8.95. The molecule has 0 saturated heterocycles. The van der Waals surface area contributed by atoms with Crippen LogP contribution in [0.2, 0.25) is 0 Å². The summed E-state index contributed by atoms with van der Waals surface area (Å²) in [7, 11) is 0. The molecule has 0 unspecified atom stereocenters. The maximum Gasteiger partial charge on any atom is 0.247 e. The van der Waals surface area contributed by atoms with Gasteiger partial charge in [-0.1, -0.05) is 25.2 Å². The molecule has 0 saturated carbocycles. The summed E-state index contributed by atoms with van der Waals surface area (Å²) in [6.07, 6.45) is 2.11. The second-order valence-corrected chi connectivity index (χ2v) is 8.96. The Morgan fingerprint density at radius 3 is 2.31 bits per heavy atom. The largest absolute Gasteiger partial charge is 0.322 e. The zero-order chi connectivity index (χ0) is 10.2. The smallest absolute Gasteiger partial charge is 0.247 e. The molecule has 0 radical (unpaired) electrons. The Morgan fingerprint density at radius 2 is 1.85 bits per heavy atom. The average Bonchev–Trinajstić information content (AvgIpc) is 2.12. The van der Waals surface area contributed by atoms with Crippen LogP contribution in [0.1, 0.15) is 33.6 Å². The number of rotatable bonds is 8. The molecule has 0 aliphatic carbocycles. The molecule has 0 aromatic rings. The van der Waals surface area contributed by atoms with Crippen molar-refractivity contribution < 1.29 is 9.05 Å². The van der Waals surface area contributed by atoms with Crippen LogP contribution in [0.5, 0.6) is 0 Å². The molecule has 0 rings (SSSR count). The van der Waals surface area contributed by atoms with E-state index in [2.05, 4.69) is 13.8 Å². The first-order chi connectivity index (χ1) is 6.18. The normalized spacial score (nSPS) is 15.6. The lowest BCUT2D eigenvalue weighted by Crippen LogP contribution is -1.94. The lowest BCUT2D eigenvalue weighted by Gasteiger charge is -2.19. The molecule has 2 nitrogen and oxygen atoms in total. The maximum absolute atomic E-state index is 5.59. The van der Waals surface area contributed by atoms with Gasteiger partial charge in [-0.05, 0) is 31.6 Å². The second-order valence-electron chi connectivity index (χ2n) is 2.53. The minimum atomic E-state index is -2.00. The predicted molar refractivity (Wildman–Crippen MR) is 64.9 cm³/mol. The summed E-state index contributed by atoms with van der Waals surface area (Å²) < 4.78 is 11.1. The van der Waals surface area contributed by atoms with E-state index >= 15 is 0 Å². The van der Waals surface area contributed by atoms with E-state index in [1.807, 2.05) is 6.92 Å². The van der Waals surface area contributed by atoms with Gasteiger partial charge in [0.1, 0.15) is 0 Å². The number of hydrogen-bond donors (Lipinski definition) is 0. The Morgan fingerprint density at radius 1 is 1.15 bits per heavy atom. The molecular formula is C8H19O2PS2. The van der Waals surface area contributed by atoms with Gasteiger partial charge in [-0.2, -0.15) is 0 Å². The van der Waals surface area contributed by atoms with Crippen LogP contribution < -0.4 is 0 Å². The Balaban J connectivity index is 3.92. The first-order valence-electron chi connectivity index (χ1n) is 4.72. The Labute approximate surface area is 90.7 Å². The lowest BCUT2D eigenvalue weighted by atomic mass is 10.5. The summed E-state index contributed by atoms with van der Waals surface area (Å²) in [6, 6.07) is 0. The third kappa shape index (κ3) is 6.92. The van der Waals surface area contributed by atoms with Crippen molar-refractivity contribution in [1.29, 1.82) is 0 Å². The monoisotopic (exact) mass is 242 g/mol. The fraction of sp³-hybridized carbons (Fsp3) is 1.00. The van der Waals surface area contributed by atoms with Gasteiger partial charge in [0, 0.05) is 5.75 Å². The topological polar surface area (TPSA) is 18.5 Å². The van der Waals surface area contributed by atoms with E-state index in [4.69, 9.17) is 20.9 Å². The van der Waals surface area contributed by atoms with Gasteiger partial charge in [-0.25, -0.2) is 0 Å². The maximum atomic E-state index is 5.59. The Kier molecular flexibility index (Phi) is 8.83. The molecule has 0 aliphatic rings. The van der Waals surface area contributed by atoms with Crippen LogP contribution in [0.25, 0.3) is 0 Å². The molecule has 0 aromatic heterocycles. The van der Waals surface area contributed by atoms with Gasteiger partial charge in [0.2, 0.25) is 5.69 Å². The quantitative estimate of drug-likeness (QED) is 0.602. The van der Waals surface area contributed by atoms with Gasteiger partial charge in [0.15, 0.2) is 0 Å². The summed E-state index contributed by atoms with van der Waals surface area (Å²) in [6.45, 7) is 7.54. The van der Waals surface area contributed by atoms with Crippen LogP contribution in [-0.4, -0.2) is 19.0 Å². The van der Waals surface area contributed by atoms with Crippen LogP contribution in [-0.2, 0) is 20.9 Å². The fourth-order valence-electron chi connectivity index (χ4n) is 0.676. The standard InChI is InChI=1S/C8H19O2PS2/c1-4-7-10-11(12,9-6-3)13-8-5-2/h4-8H2,1-3H3/t11-/m0/s1. The molecule has 5 heteroatoms. The van der Waals surface area contributed by atoms with Crippen molar-refractivity contribution in [2.45, 2.75) is 33.6 Å². The first kappa shape index (κ1) is 13.9. The van der Waals surface area contributed by atoms with Crippen LogP contribution >= 0.6 is 17.1 Å². The van der Waals surface area contributed by atoms with Crippen molar-refractivity contribution >= 4 is 28.9 Å². The van der Waals surface area contributed by atoms with Gasteiger partial charge in [0.05, 0.1) is 13.2 Å². The minimum Gasteiger partial charge on any atom is -0.322 e. The van der Waals surface area contributed by atoms with Crippen molar-refractivity contribution in [3.63, 3.8) is 0 Å². The van der Waals surface area contributed by atoms with Crippen molar-refractivity contribution in [2.75, 3.05) is 19.0 Å². The Hall–Kier alpha value is 0.920. The summed E-state index contributed by atoms with van der Waals surface area (Å²) in [5.74, 6) is 1.03. The van der Waals surface area contributed by atoms with Crippen LogP contribution in [0.3, 0.4) is 0 Å². The molecule has 0 N–H and O–H groups in total. The molecule has 0 spiro atoms. The molecule has 1 atom stereocenters. The summed E-state index contributed by atoms with van der Waals surface area (Å²) >= 11 is 7.03. The average molecular weight is 242 g/mol. The zero-order valence-corrected chi connectivity index (χ0v) is 11.1. The van der Waals surface area contributed by atoms with E-state index < -0.39 is 5.69 Å². The molecule has 0 aliphatic heterocycles. The summed E-state index contributed by atoms with van der Waals surface area (Å²) in [5.41, 5.74) is -2.00. The number of hydrogen-bond acceptors (Lipinski definition) is 4. The van der Waals surface area contributed by atoms with Crippen molar-refractivity contribution in [3.8, 4) is 0 Å². The summed E-state index contributed by atoms with van der Waals surface area (Å²) in [5, 5.41) is 0. The highest BCUT2D eigenvalue weighted by molar-refractivity contribution is 8.67. The molecule has 13 heavy (non-hydrogen) atoms. The molecule has 0 bridgehead atoms. The van der Waals surface area contributed by atoms with Gasteiger partial charge in [0.25, 0.3) is 0 Å². The SMILES string of the molecule is CCCO[P@](=S)(OCC)SCCC. The molecule has 0 amide bonds. The van der Waals surface area contributed by atoms with E-state index in [1.165, 1.54) is 0 Å². The predicted octanol–water partition coefficient (Wildman–Crippen LogP) is 3.82. The van der Waals surface area contributed by atoms with Gasteiger partial charge in [-0.3, -0.25) is 0 Å². The minimum absolute atomic E-state index is 0.651. The molecule has 0 heterocycles. The van der Waals surface area contributed by atoms with Gasteiger partial charge < -0.3 is 9.05 Å². The highest BCUT2D eigenvalue weighted by Crippen LogP contribution is 2.61. The third-order valence-corrected chi connectivity index (χ3v) is 6.88. The van der Waals surface area contributed by atoms with E-state index in [-0.39, 0.29) is 0 Å². The molecular weight excluding hydrogens is 223 g/mol. The van der Waals surface area contributed by atoms with Crippen LogP contribution in [0.15, 0.2) is 0 Å². The van der Waals surface area contributed by atoms with Crippen LogP contribution in [0, 0.1) is 0 Å². The van der Waals surface area contributed by atoms with Crippen molar-refractivity contribution in [3.05, 3.63) is 0 Å². The van der Waals surface area contributed by atoms with E-state index in [1.54, 1.807) is 11.4 Å². The van der Waals surface area contributed by atoms with Crippen LogP contribution in [0.4, 0.5) is 0 Å².